The molecule has 1 aliphatic carbocycles. The van der Waals surface area contributed by atoms with Crippen LogP contribution in [0.2, 0.25) is 0 Å². The van der Waals surface area contributed by atoms with Crippen molar-refractivity contribution in [3.05, 3.63) is 23.6 Å². The van der Waals surface area contributed by atoms with Crippen LogP contribution in [-0.2, 0) is 11.3 Å². The van der Waals surface area contributed by atoms with Gasteiger partial charge in [-0.05, 0) is 31.7 Å². The molecule has 0 spiro atoms. The first-order valence-corrected chi connectivity index (χ1v) is 7.43. The molecule has 0 bridgehead atoms. The molecule has 0 radical (unpaired) electrons. The number of nitrogens with one attached hydrogen (secondary N) is 1. The summed E-state index contributed by atoms with van der Waals surface area (Å²) in [5.41, 5.74) is 0.709. The number of hydrogen-bond acceptors (Lipinski definition) is 4. The lowest BCUT2D eigenvalue weighted by Gasteiger charge is -2.32. The third-order valence-electron chi connectivity index (χ3n) is 4.18. The molecule has 2 fully saturated rings. The molecule has 1 aromatic heterocycles. The Kier molecular flexibility index (Phi) is 4.17. The van der Waals surface area contributed by atoms with Crippen molar-refractivity contribution in [2.75, 3.05) is 25.2 Å². The maximum atomic E-state index is 14.6. The smallest absolute Gasteiger partial charge is 0.170 e. The molecule has 1 N–H and O–H groups in total. The number of ether oxygens (including phenoxy) is 1. The van der Waals surface area contributed by atoms with E-state index in [4.69, 9.17) is 4.74 Å². The number of hydrogen-bond donors (Lipinski definition) is 1. The van der Waals surface area contributed by atoms with Gasteiger partial charge in [-0.25, -0.2) is 9.37 Å². The van der Waals surface area contributed by atoms with Crippen molar-refractivity contribution in [2.45, 2.75) is 44.3 Å². The summed E-state index contributed by atoms with van der Waals surface area (Å²) in [6.45, 7) is 2.09. The van der Waals surface area contributed by atoms with Crippen molar-refractivity contribution in [2.24, 2.45) is 0 Å². The van der Waals surface area contributed by atoms with E-state index >= 15 is 0 Å². The Hall–Kier alpha value is -1.20. The molecule has 2 aliphatic rings. The number of rotatable bonds is 5. The van der Waals surface area contributed by atoms with Crippen LogP contribution in [0, 0.1) is 5.82 Å². The highest BCUT2D eigenvalue weighted by Crippen LogP contribution is 2.25. The van der Waals surface area contributed by atoms with E-state index < -0.39 is 0 Å². The molecular weight excluding hydrogens is 257 g/mol. The van der Waals surface area contributed by atoms with Crippen molar-refractivity contribution in [1.29, 1.82) is 0 Å². The third kappa shape index (κ3) is 3.10. The fourth-order valence-electron chi connectivity index (χ4n) is 2.64. The van der Waals surface area contributed by atoms with Crippen molar-refractivity contribution in [3.8, 4) is 0 Å². The standard InChI is InChI=1S/C15H22FN3O/c1-19(13-5-8-20-9-6-13)15-14(16)11(4-7-17-15)10-18-12-2-3-12/h4,7,12-13,18H,2-3,5-6,8-10H2,1H3. The van der Waals surface area contributed by atoms with Crippen LogP contribution in [0.25, 0.3) is 0 Å². The van der Waals surface area contributed by atoms with E-state index in [1.54, 1.807) is 12.3 Å². The Labute approximate surface area is 119 Å². The first kappa shape index (κ1) is 13.8. The van der Waals surface area contributed by atoms with Crippen LogP contribution in [0.1, 0.15) is 31.2 Å². The number of aromatic nitrogens is 1. The van der Waals surface area contributed by atoms with Gasteiger partial charge in [-0.1, -0.05) is 0 Å². The molecule has 0 aromatic carbocycles. The third-order valence-corrected chi connectivity index (χ3v) is 4.18. The summed E-state index contributed by atoms with van der Waals surface area (Å²) in [6, 6.07) is 2.67. The van der Waals surface area contributed by atoms with Crippen LogP contribution in [0.5, 0.6) is 0 Å². The fraction of sp³-hybridized carbons (Fsp3) is 0.667. The molecule has 20 heavy (non-hydrogen) atoms. The van der Waals surface area contributed by atoms with Crippen LogP contribution in [0.4, 0.5) is 10.2 Å². The second-order valence-electron chi connectivity index (χ2n) is 5.72. The minimum absolute atomic E-state index is 0.186. The lowest BCUT2D eigenvalue weighted by Crippen LogP contribution is -2.37. The average molecular weight is 279 g/mol. The van der Waals surface area contributed by atoms with Gasteiger partial charge in [0.2, 0.25) is 0 Å². The molecule has 1 aromatic rings. The monoisotopic (exact) mass is 279 g/mol. The molecule has 1 aliphatic heterocycles. The molecule has 4 nitrogen and oxygen atoms in total. The van der Waals surface area contributed by atoms with Gasteiger partial charge in [0.05, 0.1) is 0 Å². The van der Waals surface area contributed by atoms with Crippen molar-refractivity contribution in [1.82, 2.24) is 10.3 Å². The molecule has 0 unspecified atom stereocenters. The quantitative estimate of drug-likeness (QED) is 0.895. The first-order chi connectivity index (χ1) is 9.75. The number of pyridine rings is 1. The van der Waals surface area contributed by atoms with Gasteiger partial charge in [0, 0.05) is 50.7 Å². The first-order valence-electron chi connectivity index (χ1n) is 7.43. The highest BCUT2D eigenvalue weighted by atomic mass is 19.1. The second-order valence-corrected chi connectivity index (χ2v) is 5.72. The topological polar surface area (TPSA) is 37.4 Å². The van der Waals surface area contributed by atoms with E-state index in [0.717, 1.165) is 26.1 Å². The normalized spacial score (nSPS) is 20.1. The molecule has 2 heterocycles. The van der Waals surface area contributed by atoms with Gasteiger partial charge in [-0.15, -0.1) is 0 Å². The van der Waals surface area contributed by atoms with Gasteiger partial charge in [-0.2, -0.15) is 0 Å². The van der Waals surface area contributed by atoms with E-state index in [0.29, 0.717) is 30.0 Å². The summed E-state index contributed by atoms with van der Waals surface area (Å²) in [4.78, 5) is 6.21. The lowest BCUT2D eigenvalue weighted by molar-refractivity contribution is 0.0852. The zero-order valence-corrected chi connectivity index (χ0v) is 11.9. The van der Waals surface area contributed by atoms with Gasteiger partial charge >= 0.3 is 0 Å². The Morgan fingerprint density at radius 3 is 2.80 bits per heavy atom. The SMILES string of the molecule is CN(c1nccc(CNC2CC2)c1F)C1CCOCC1. The molecule has 110 valence electrons. The maximum absolute atomic E-state index is 14.6. The van der Waals surface area contributed by atoms with Gasteiger partial charge in [-0.3, -0.25) is 0 Å². The zero-order valence-electron chi connectivity index (χ0n) is 11.9. The summed E-state index contributed by atoms with van der Waals surface area (Å²) >= 11 is 0. The number of anilines is 1. The van der Waals surface area contributed by atoms with Gasteiger partial charge in [0.25, 0.3) is 0 Å². The van der Waals surface area contributed by atoms with E-state index in [1.807, 2.05) is 11.9 Å². The Morgan fingerprint density at radius 1 is 1.35 bits per heavy atom. The minimum Gasteiger partial charge on any atom is -0.381 e. The lowest BCUT2D eigenvalue weighted by atomic mass is 10.1. The van der Waals surface area contributed by atoms with Crippen LogP contribution in [0.3, 0.4) is 0 Å². The number of nitrogens with zero attached hydrogens (tertiary/aromatic N) is 2. The molecule has 1 saturated heterocycles. The summed E-state index contributed by atoms with van der Waals surface area (Å²) in [5.74, 6) is 0.279. The molecule has 0 atom stereocenters. The van der Waals surface area contributed by atoms with Crippen LogP contribution in [0.15, 0.2) is 12.3 Å². The summed E-state index contributed by atoms with van der Waals surface area (Å²) < 4.78 is 19.9. The van der Waals surface area contributed by atoms with Crippen LogP contribution in [-0.4, -0.2) is 37.3 Å². The Balaban J connectivity index is 1.72. The Bertz CT molecular complexity index is 458. The maximum Gasteiger partial charge on any atom is 0.170 e. The molecule has 0 amide bonds. The Morgan fingerprint density at radius 2 is 2.10 bits per heavy atom. The predicted octanol–water partition coefficient (Wildman–Crippen LogP) is 2.09. The number of halogens is 1. The van der Waals surface area contributed by atoms with Crippen LogP contribution >= 0.6 is 0 Å². The van der Waals surface area contributed by atoms with E-state index in [1.165, 1.54) is 12.8 Å². The van der Waals surface area contributed by atoms with Crippen LogP contribution < -0.4 is 10.2 Å². The summed E-state index contributed by atoms with van der Waals surface area (Å²) in [5, 5.41) is 3.35. The minimum atomic E-state index is -0.186. The van der Waals surface area contributed by atoms with E-state index in [-0.39, 0.29) is 5.82 Å². The highest BCUT2D eigenvalue weighted by molar-refractivity contribution is 5.43. The zero-order chi connectivity index (χ0) is 13.9. The van der Waals surface area contributed by atoms with Gasteiger partial charge < -0.3 is 15.0 Å². The van der Waals surface area contributed by atoms with Gasteiger partial charge in [0.1, 0.15) is 0 Å². The fourth-order valence-corrected chi connectivity index (χ4v) is 2.64. The molecule has 5 heteroatoms. The predicted molar refractivity (Wildman–Crippen MR) is 76.3 cm³/mol. The molecular formula is C15H22FN3O. The van der Waals surface area contributed by atoms with E-state index in [2.05, 4.69) is 10.3 Å². The van der Waals surface area contributed by atoms with E-state index in [9.17, 15) is 4.39 Å². The van der Waals surface area contributed by atoms with Gasteiger partial charge in [0.15, 0.2) is 11.6 Å². The van der Waals surface area contributed by atoms with Crippen molar-refractivity contribution in [3.63, 3.8) is 0 Å². The van der Waals surface area contributed by atoms with Crippen molar-refractivity contribution < 1.29 is 9.13 Å². The summed E-state index contributed by atoms with van der Waals surface area (Å²) in [7, 11) is 1.93. The molecule has 3 rings (SSSR count). The average Bonchev–Trinajstić information content (AvgIpc) is 3.31. The largest absolute Gasteiger partial charge is 0.381 e. The summed E-state index contributed by atoms with van der Waals surface area (Å²) in [6.07, 6.45) is 5.99. The second kappa shape index (κ2) is 6.06. The van der Waals surface area contributed by atoms with Crippen molar-refractivity contribution >= 4 is 5.82 Å². The molecule has 1 saturated carbocycles. The highest BCUT2D eigenvalue weighted by Gasteiger charge is 2.24.